The molecule has 1 aromatic carbocycles. The predicted molar refractivity (Wildman–Crippen MR) is 101 cm³/mol. The number of hydrogen-bond donors (Lipinski definition) is 1. The lowest BCUT2D eigenvalue weighted by molar-refractivity contribution is -0.127. The molecule has 3 rings (SSSR count). The number of piperidine rings is 1. The summed E-state index contributed by atoms with van der Waals surface area (Å²) in [5, 5.41) is 2.88. The van der Waals surface area contributed by atoms with Crippen molar-refractivity contribution in [2.45, 2.75) is 31.8 Å². The molecule has 1 saturated heterocycles. The van der Waals surface area contributed by atoms with Crippen molar-refractivity contribution in [3.05, 3.63) is 24.3 Å². The van der Waals surface area contributed by atoms with Crippen LogP contribution in [0.25, 0.3) is 0 Å². The zero-order valence-electron chi connectivity index (χ0n) is 15.2. The minimum Gasteiger partial charge on any atom is -0.476 e. The van der Waals surface area contributed by atoms with Gasteiger partial charge in [0.2, 0.25) is 10.0 Å². The Hall–Kier alpha value is -1.80. The fraction of sp³-hybridized carbons (Fsp3) is 0.611. The van der Waals surface area contributed by atoms with Gasteiger partial charge in [-0.3, -0.25) is 9.10 Å². The monoisotopic (exact) mass is 381 g/mol. The van der Waals surface area contributed by atoms with Gasteiger partial charge < -0.3 is 15.0 Å². The molecule has 1 atom stereocenters. The van der Waals surface area contributed by atoms with Crippen LogP contribution in [0.5, 0.6) is 5.75 Å². The largest absolute Gasteiger partial charge is 0.476 e. The molecule has 0 spiro atoms. The van der Waals surface area contributed by atoms with Crippen LogP contribution in [0.2, 0.25) is 0 Å². The van der Waals surface area contributed by atoms with Crippen LogP contribution >= 0.6 is 0 Å². The van der Waals surface area contributed by atoms with E-state index in [-0.39, 0.29) is 12.5 Å². The normalized spacial score (nSPS) is 21.0. The molecular weight excluding hydrogens is 354 g/mol. The number of nitrogens with zero attached hydrogens (tertiary/aromatic N) is 2. The van der Waals surface area contributed by atoms with Gasteiger partial charge in [0.25, 0.3) is 5.91 Å². The van der Waals surface area contributed by atoms with Crippen LogP contribution in [0.4, 0.5) is 5.69 Å². The highest BCUT2D eigenvalue weighted by Crippen LogP contribution is 2.34. The van der Waals surface area contributed by atoms with Gasteiger partial charge in [-0.05, 0) is 51.0 Å². The lowest BCUT2D eigenvalue weighted by Gasteiger charge is -2.33. The Balaban J connectivity index is 1.54. The van der Waals surface area contributed by atoms with Crippen LogP contribution < -0.4 is 14.4 Å². The van der Waals surface area contributed by atoms with Crippen molar-refractivity contribution in [1.29, 1.82) is 0 Å². The summed E-state index contributed by atoms with van der Waals surface area (Å²) in [7, 11) is -3.48. The Labute approximate surface area is 155 Å². The van der Waals surface area contributed by atoms with Gasteiger partial charge in [-0.15, -0.1) is 0 Å². The number of sulfonamides is 1. The van der Waals surface area contributed by atoms with E-state index in [1.165, 1.54) is 23.6 Å². The average Bonchev–Trinajstić information content (AvgIpc) is 2.64. The van der Waals surface area contributed by atoms with Gasteiger partial charge in [0.1, 0.15) is 5.75 Å². The molecule has 7 nitrogen and oxygen atoms in total. The second-order valence-electron chi connectivity index (χ2n) is 6.92. The zero-order chi connectivity index (χ0) is 18.6. The summed E-state index contributed by atoms with van der Waals surface area (Å²) in [5.74, 6) is 0.143. The summed E-state index contributed by atoms with van der Waals surface area (Å²) in [5.41, 5.74) is 0.476. The number of carbonyl (C=O) groups excluding carboxylic acids is 1. The highest BCUT2D eigenvalue weighted by atomic mass is 32.2. The number of hydrogen-bond acceptors (Lipinski definition) is 5. The molecule has 1 amide bonds. The number of benzene rings is 1. The van der Waals surface area contributed by atoms with Crippen molar-refractivity contribution in [2.75, 3.05) is 43.3 Å². The Bertz CT molecular complexity index is 732. The van der Waals surface area contributed by atoms with Gasteiger partial charge in [0.15, 0.2) is 6.10 Å². The Morgan fingerprint density at radius 3 is 2.69 bits per heavy atom. The summed E-state index contributed by atoms with van der Waals surface area (Å²) in [6, 6.07) is 6.88. The average molecular weight is 381 g/mol. The summed E-state index contributed by atoms with van der Waals surface area (Å²) >= 11 is 0. The number of rotatable bonds is 6. The quantitative estimate of drug-likeness (QED) is 0.750. The molecule has 2 aliphatic heterocycles. The molecule has 1 N–H and O–H groups in total. The molecule has 2 heterocycles. The second-order valence-corrected chi connectivity index (χ2v) is 8.82. The van der Waals surface area contributed by atoms with Gasteiger partial charge in [0.05, 0.1) is 18.5 Å². The first-order valence-corrected chi connectivity index (χ1v) is 11.0. The van der Waals surface area contributed by atoms with E-state index in [1.54, 1.807) is 24.3 Å². The van der Waals surface area contributed by atoms with Crippen LogP contribution in [0.3, 0.4) is 0 Å². The molecule has 0 aromatic heterocycles. The zero-order valence-corrected chi connectivity index (χ0v) is 16.0. The van der Waals surface area contributed by atoms with Crippen molar-refractivity contribution < 1.29 is 17.9 Å². The first-order valence-electron chi connectivity index (χ1n) is 9.18. The van der Waals surface area contributed by atoms with Crippen LogP contribution in [-0.4, -0.2) is 64.3 Å². The maximum Gasteiger partial charge on any atom is 0.263 e. The van der Waals surface area contributed by atoms with Crippen LogP contribution in [0, 0.1) is 0 Å². The van der Waals surface area contributed by atoms with Crippen LogP contribution in [0.15, 0.2) is 24.3 Å². The van der Waals surface area contributed by atoms with E-state index in [0.29, 0.717) is 18.0 Å². The van der Waals surface area contributed by atoms with Crippen molar-refractivity contribution in [1.82, 2.24) is 10.2 Å². The third-order valence-electron chi connectivity index (χ3n) is 4.83. The Morgan fingerprint density at radius 1 is 1.23 bits per heavy atom. The van der Waals surface area contributed by atoms with E-state index in [0.717, 1.165) is 32.3 Å². The van der Waals surface area contributed by atoms with Crippen molar-refractivity contribution in [2.24, 2.45) is 0 Å². The number of carbonyl (C=O) groups is 1. The maximum atomic E-state index is 12.5. The standard InChI is InChI=1S/C18H27N3O4S/c1-26(23,24)21-14-17(25-16-9-4-3-8-15(16)21)18(22)19-10-7-13-20-11-5-2-6-12-20/h3-4,8-9,17H,2,5-7,10-14H2,1H3,(H,19,22)/t17-/m1/s1. The predicted octanol–water partition coefficient (Wildman–Crippen LogP) is 1.21. The number of amides is 1. The number of nitrogens with one attached hydrogen (secondary N) is 1. The minimum absolute atomic E-state index is 0.00615. The number of likely N-dealkylation sites (tertiary alicyclic amines) is 1. The summed E-state index contributed by atoms with van der Waals surface area (Å²) in [6.07, 6.45) is 5.00. The molecule has 26 heavy (non-hydrogen) atoms. The fourth-order valence-electron chi connectivity index (χ4n) is 3.46. The number of fused-ring (bicyclic) bond motifs is 1. The summed E-state index contributed by atoms with van der Waals surface area (Å²) < 4.78 is 31.1. The lowest BCUT2D eigenvalue weighted by Crippen LogP contribution is -2.50. The van der Waals surface area contributed by atoms with Crippen molar-refractivity contribution >= 4 is 21.6 Å². The first kappa shape index (κ1) is 19.0. The topological polar surface area (TPSA) is 79.0 Å². The molecular formula is C18H27N3O4S. The van der Waals surface area contributed by atoms with Gasteiger partial charge in [0, 0.05) is 6.54 Å². The summed E-state index contributed by atoms with van der Waals surface area (Å²) in [4.78, 5) is 14.9. The van der Waals surface area contributed by atoms with E-state index in [9.17, 15) is 13.2 Å². The molecule has 144 valence electrons. The fourth-order valence-corrected chi connectivity index (χ4v) is 4.38. The Morgan fingerprint density at radius 2 is 1.96 bits per heavy atom. The van der Waals surface area contributed by atoms with E-state index in [1.807, 2.05) is 0 Å². The highest BCUT2D eigenvalue weighted by Gasteiger charge is 2.34. The SMILES string of the molecule is CS(=O)(=O)N1C[C@H](C(=O)NCCCN2CCCCC2)Oc2ccccc21. The molecule has 1 aromatic rings. The van der Waals surface area contributed by atoms with Gasteiger partial charge in [-0.25, -0.2) is 8.42 Å². The van der Waals surface area contributed by atoms with Gasteiger partial charge in [-0.2, -0.15) is 0 Å². The summed E-state index contributed by atoms with van der Waals surface area (Å²) in [6.45, 7) is 3.81. The van der Waals surface area contributed by atoms with Gasteiger partial charge >= 0.3 is 0 Å². The molecule has 0 radical (unpaired) electrons. The molecule has 0 saturated carbocycles. The molecule has 1 fully saturated rings. The number of ether oxygens (including phenoxy) is 1. The second kappa shape index (κ2) is 8.26. The molecule has 0 unspecified atom stereocenters. The van der Waals surface area contributed by atoms with Gasteiger partial charge in [-0.1, -0.05) is 18.6 Å². The third-order valence-corrected chi connectivity index (χ3v) is 5.97. The molecule has 0 bridgehead atoms. The first-order chi connectivity index (χ1) is 12.4. The van der Waals surface area contributed by atoms with Crippen molar-refractivity contribution in [3.8, 4) is 5.75 Å². The van der Waals surface area contributed by atoms with E-state index in [4.69, 9.17) is 4.74 Å². The smallest absolute Gasteiger partial charge is 0.263 e. The Kier molecular flexibility index (Phi) is 6.03. The van der Waals surface area contributed by atoms with E-state index < -0.39 is 16.1 Å². The van der Waals surface area contributed by atoms with E-state index in [2.05, 4.69) is 10.2 Å². The molecule has 8 heteroatoms. The third kappa shape index (κ3) is 4.67. The molecule has 2 aliphatic rings. The maximum absolute atomic E-state index is 12.5. The van der Waals surface area contributed by atoms with Crippen molar-refractivity contribution in [3.63, 3.8) is 0 Å². The van der Waals surface area contributed by atoms with E-state index >= 15 is 0 Å². The van der Waals surface area contributed by atoms with Crippen LogP contribution in [-0.2, 0) is 14.8 Å². The highest BCUT2D eigenvalue weighted by molar-refractivity contribution is 7.92. The molecule has 0 aliphatic carbocycles. The lowest BCUT2D eigenvalue weighted by atomic mass is 10.1. The number of para-hydroxylation sites is 2. The minimum atomic E-state index is -3.48. The van der Waals surface area contributed by atoms with Crippen LogP contribution in [0.1, 0.15) is 25.7 Å². The number of anilines is 1.